The molecule has 1 aromatic rings. The Morgan fingerprint density at radius 3 is 2.22 bits per heavy atom. The van der Waals surface area contributed by atoms with E-state index in [0.717, 1.165) is 0 Å². The van der Waals surface area contributed by atoms with Gasteiger partial charge in [-0.2, -0.15) is 0 Å². The van der Waals surface area contributed by atoms with Crippen molar-refractivity contribution in [3.05, 3.63) is 34.6 Å². The van der Waals surface area contributed by atoms with Crippen molar-refractivity contribution in [2.24, 2.45) is 0 Å². The minimum atomic E-state index is -0.621. The molecule has 23 heavy (non-hydrogen) atoms. The number of piperazine rings is 1. The zero-order chi connectivity index (χ0) is 17.0. The quantitative estimate of drug-likeness (QED) is 0.848. The molecule has 1 aliphatic rings. The fraction of sp³-hybridized carbons (Fsp3) is 0.500. The third-order valence-electron chi connectivity index (χ3n) is 4.05. The molecule has 5 nitrogen and oxygen atoms in total. The third kappa shape index (κ3) is 3.75. The molecule has 0 unspecified atom stereocenters. The zero-order valence-corrected chi connectivity index (χ0v) is 14.1. The van der Waals surface area contributed by atoms with Crippen LogP contribution in [0.4, 0.5) is 9.18 Å². The van der Waals surface area contributed by atoms with Crippen LogP contribution in [0.3, 0.4) is 0 Å². The second kappa shape index (κ2) is 7.64. The lowest BCUT2D eigenvalue weighted by Crippen LogP contribution is -2.54. The highest BCUT2D eigenvalue weighted by Gasteiger charge is 2.28. The predicted octanol–water partition coefficient (Wildman–Crippen LogP) is 2.70. The third-order valence-corrected chi connectivity index (χ3v) is 4.36. The average molecular weight is 342 g/mol. The fourth-order valence-corrected chi connectivity index (χ4v) is 2.90. The number of halogens is 2. The van der Waals surface area contributed by atoms with E-state index in [0.29, 0.717) is 39.3 Å². The van der Waals surface area contributed by atoms with E-state index in [1.807, 2.05) is 13.8 Å². The molecular weight excluding hydrogens is 321 g/mol. The van der Waals surface area contributed by atoms with Crippen molar-refractivity contribution in [3.8, 4) is 0 Å². The number of benzene rings is 1. The Bertz CT molecular complexity index is 564. The van der Waals surface area contributed by atoms with Crippen molar-refractivity contribution in [1.29, 1.82) is 0 Å². The monoisotopic (exact) mass is 341 g/mol. The fourth-order valence-electron chi connectivity index (χ4n) is 2.66. The number of nitrogens with zero attached hydrogens (tertiary/aromatic N) is 3. The van der Waals surface area contributed by atoms with Crippen LogP contribution in [0.5, 0.6) is 0 Å². The van der Waals surface area contributed by atoms with Crippen LogP contribution in [0.15, 0.2) is 18.2 Å². The van der Waals surface area contributed by atoms with Gasteiger partial charge in [-0.05, 0) is 26.0 Å². The van der Waals surface area contributed by atoms with Gasteiger partial charge in [-0.15, -0.1) is 0 Å². The first-order chi connectivity index (χ1) is 11.0. The molecule has 0 N–H and O–H groups in total. The Labute approximate surface area is 140 Å². The Hall–Kier alpha value is -1.82. The number of amides is 3. The molecule has 2 rings (SSSR count). The molecule has 0 aromatic heterocycles. The minimum absolute atomic E-state index is 0.0222. The summed E-state index contributed by atoms with van der Waals surface area (Å²) in [5.74, 6) is -1.05. The first kappa shape index (κ1) is 17.5. The Morgan fingerprint density at radius 1 is 1.13 bits per heavy atom. The minimum Gasteiger partial charge on any atom is -0.335 e. The lowest BCUT2D eigenvalue weighted by atomic mass is 10.1. The van der Waals surface area contributed by atoms with Crippen LogP contribution in [0, 0.1) is 5.82 Å². The van der Waals surface area contributed by atoms with E-state index in [2.05, 4.69) is 0 Å². The molecule has 1 aliphatic heterocycles. The summed E-state index contributed by atoms with van der Waals surface area (Å²) in [4.78, 5) is 29.7. The highest BCUT2D eigenvalue weighted by atomic mass is 35.5. The maximum absolute atomic E-state index is 13.9. The molecule has 126 valence electrons. The molecular formula is C16H21ClFN3O2. The van der Waals surface area contributed by atoms with Crippen LogP contribution >= 0.6 is 11.6 Å². The van der Waals surface area contributed by atoms with Gasteiger partial charge in [0.15, 0.2) is 0 Å². The smallest absolute Gasteiger partial charge is 0.320 e. The first-order valence-corrected chi connectivity index (χ1v) is 8.14. The molecule has 3 amide bonds. The highest BCUT2D eigenvalue weighted by Crippen LogP contribution is 2.21. The molecule has 0 spiro atoms. The maximum atomic E-state index is 13.9. The van der Waals surface area contributed by atoms with E-state index < -0.39 is 11.7 Å². The van der Waals surface area contributed by atoms with Gasteiger partial charge in [0, 0.05) is 39.3 Å². The van der Waals surface area contributed by atoms with Crippen LogP contribution in [-0.2, 0) is 0 Å². The summed E-state index contributed by atoms with van der Waals surface area (Å²) in [6, 6.07) is 4.16. The van der Waals surface area contributed by atoms with E-state index in [9.17, 15) is 14.0 Å². The van der Waals surface area contributed by atoms with Gasteiger partial charge in [0.25, 0.3) is 5.91 Å². The summed E-state index contributed by atoms with van der Waals surface area (Å²) in [7, 11) is 0. The number of hydrogen-bond acceptors (Lipinski definition) is 2. The lowest BCUT2D eigenvalue weighted by molar-refractivity contribution is 0.0637. The van der Waals surface area contributed by atoms with Gasteiger partial charge >= 0.3 is 6.03 Å². The second-order valence-electron chi connectivity index (χ2n) is 5.33. The molecule has 0 aliphatic carbocycles. The molecule has 1 heterocycles. The van der Waals surface area contributed by atoms with Crippen molar-refractivity contribution in [3.63, 3.8) is 0 Å². The van der Waals surface area contributed by atoms with Crippen LogP contribution in [0.25, 0.3) is 0 Å². The summed E-state index contributed by atoms with van der Waals surface area (Å²) in [6.45, 7) is 6.79. The van der Waals surface area contributed by atoms with Crippen molar-refractivity contribution in [2.75, 3.05) is 39.3 Å². The van der Waals surface area contributed by atoms with Crippen molar-refractivity contribution >= 4 is 23.5 Å². The van der Waals surface area contributed by atoms with Crippen molar-refractivity contribution in [1.82, 2.24) is 14.7 Å². The van der Waals surface area contributed by atoms with Crippen LogP contribution < -0.4 is 0 Å². The summed E-state index contributed by atoms with van der Waals surface area (Å²) in [5, 5.41) is 0.108. The standard InChI is InChI=1S/C16H21ClFN3O2/c1-3-19(4-2)16(23)21-10-8-20(9-11-21)15(22)14-12(17)6-5-7-13(14)18/h5-7H,3-4,8-11H2,1-2H3. The van der Waals surface area contributed by atoms with E-state index in [1.165, 1.54) is 23.1 Å². The molecule has 0 atom stereocenters. The van der Waals surface area contributed by atoms with Crippen LogP contribution in [-0.4, -0.2) is 65.9 Å². The number of carbonyl (C=O) groups excluding carboxylic acids is 2. The maximum Gasteiger partial charge on any atom is 0.320 e. The number of urea groups is 1. The summed E-state index contributed by atoms with van der Waals surface area (Å²) in [6.07, 6.45) is 0. The Balaban J connectivity index is 2.02. The molecule has 0 radical (unpaired) electrons. The van der Waals surface area contributed by atoms with Crippen molar-refractivity contribution < 1.29 is 14.0 Å². The highest BCUT2D eigenvalue weighted by molar-refractivity contribution is 6.33. The van der Waals surface area contributed by atoms with E-state index >= 15 is 0 Å². The predicted molar refractivity (Wildman–Crippen MR) is 87.2 cm³/mol. The molecule has 7 heteroatoms. The lowest BCUT2D eigenvalue weighted by Gasteiger charge is -2.37. The Morgan fingerprint density at radius 2 is 1.70 bits per heavy atom. The topological polar surface area (TPSA) is 43.9 Å². The SMILES string of the molecule is CCN(CC)C(=O)N1CCN(C(=O)c2c(F)cccc2Cl)CC1. The van der Waals surface area contributed by atoms with Crippen LogP contribution in [0.2, 0.25) is 5.02 Å². The van der Waals surface area contributed by atoms with Gasteiger partial charge in [-0.25, -0.2) is 9.18 Å². The normalized spacial score (nSPS) is 14.8. The molecule has 0 bridgehead atoms. The average Bonchev–Trinajstić information content (AvgIpc) is 2.55. The van der Waals surface area contributed by atoms with Crippen molar-refractivity contribution in [2.45, 2.75) is 13.8 Å². The van der Waals surface area contributed by atoms with E-state index in [4.69, 9.17) is 11.6 Å². The number of rotatable bonds is 3. The Kier molecular flexibility index (Phi) is 5.82. The largest absolute Gasteiger partial charge is 0.335 e. The zero-order valence-electron chi connectivity index (χ0n) is 13.4. The summed E-state index contributed by atoms with van der Waals surface area (Å²) in [5.41, 5.74) is -0.0994. The van der Waals surface area contributed by atoms with Gasteiger partial charge < -0.3 is 14.7 Å². The van der Waals surface area contributed by atoms with Gasteiger partial charge in [0.1, 0.15) is 5.82 Å². The van der Waals surface area contributed by atoms with Gasteiger partial charge in [0.2, 0.25) is 0 Å². The number of hydrogen-bond donors (Lipinski definition) is 0. The van der Waals surface area contributed by atoms with Gasteiger partial charge in [-0.3, -0.25) is 4.79 Å². The van der Waals surface area contributed by atoms with Gasteiger partial charge in [0.05, 0.1) is 10.6 Å². The summed E-state index contributed by atoms with van der Waals surface area (Å²) < 4.78 is 13.9. The number of carbonyl (C=O) groups is 2. The molecule has 1 aromatic carbocycles. The molecule has 1 saturated heterocycles. The van der Waals surface area contributed by atoms with E-state index in [1.54, 1.807) is 9.80 Å². The molecule has 1 fully saturated rings. The van der Waals surface area contributed by atoms with Crippen LogP contribution in [0.1, 0.15) is 24.2 Å². The molecule has 0 saturated carbocycles. The second-order valence-corrected chi connectivity index (χ2v) is 5.74. The summed E-state index contributed by atoms with van der Waals surface area (Å²) >= 11 is 5.94. The first-order valence-electron chi connectivity index (χ1n) is 7.76. The van der Waals surface area contributed by atoms with Gasteiger partial charge in [-0.1, -0.05) is 17.7 Å². The van der Waals surface area contributed by atoms with E-state index in [-0.39, 0.29) is 16.6 Å².